The van der Waals surface area contributed by atoms with Crippen LogP contribution >= 0.6 is 0 Å². The number of hydrogen-bond donors (Lipinski definition) is 1. The summed E-state index contributed by atoms with van der Waals surface area (Å²) in [7, 11) is 1.19. The van der Waals surface area contributed by atoms with E-state index < -0.39 is 22.8 Å². The van der Waals surface area contributed by atoms with Gasteiger partial charge in [-0.1, -0.05) is 18.2 Å². The predicted octanol–water partition coefficient (Wildman–Crippen LogP) is 3.52. The van der Waals surface area contributed by atoms with Gasteiger partial charge in [0, 0.05) is 23.3 Å². The van der Waals surface area contributed by atoms with E-state index in [0.29, 0.717) is 11.1 Å². The number of ether oxygens (including phenoxy) is 2. The number of carbonyl (C=O) groups excluding carboxylic acids is 3. The number of methoxy groups -OCH3 is 1. The molecule has 0 spiro atoms. The summed E-state index contributed by atoms with van der Waals surface area (Å²) in [6, 6.07) is 14.7. The van der Waals surface area contributed by atoms with Crippen molar-refractivity contribution >= 4 is 29.7 Å². The normalized spacial score (nSPS) is 13.8. The quantitative estimate of drug-likeness (QED) is 0.159. The largest absolute Gasteiger partial charge is 0.488 e. The number of amides is 3. The van der Waals surface area contributed by atoms with Crippen LogP contribution in [0.1, 0.15) is 33.0 Å². The van der Waals surface area contributed by atoms with Crippen LogP contribution in [0.15, 0.2) is 64.7 Å². The van der Waals surface area contributed by atoms with E-state index in [4.69, 9.17) is 9.15 Å². The fourth-order valence-corrected chi connectivity index (χ4v) is 3.50. The lowest BCUT2D eigenvalue weighted by atomic mass is 10.1. The summed E-state index contributed by atoms with van der Waals surface area (Å²) in [5, 5.41) is 23.0. The number of nitrogens with zero attached hydrogens (tertiary/aromatic N) is 3. The number of non-ortho nitro benzene ring substituents is 1. The van der Waals surface area contributed by atoms with Gasteiger partial charge < -0.3 is 19.2 Å². The van der Waals surface area contributed by atoms with Crippen LogP contribution < -0.4 is 10.1 Å². The Bertz CT molecular complexity index is 1480. The highest BCUT2D eigenvalue weighted by Gasteiger charge is 2.34. The maximum absolute atomic E-state index is 12.9. The number of hydrogen-bond acceptors (Lipinski definition) is 9. The zero-order chi connectivity index (χ0) is 26.5. The molecule has 1 aliphatic heterocycles. The number of imide groups is 1. The molecule has 1 N–H and O–H groups in total. The van der Waals surface area contributed by atoms with Gasteiger partial charge in [0.2, 0.25) is 5.76 Å². The molecule has 12 nitrogen and oxygen atoms in total. The Morgan fingerprint density at radius 2 is 2.00 bits per heavy atom. The van der Waals surface area contributed by atoms with Crippen LogP contribution in [0.4, 0.5) is 10.5 Å². The summed E-state index contributed by atoms with van der Waals surface area (Å²) in [5.41, 5.74) is 0.776. The van der Waals surface area contributed by atoms with Crippen molar-refractivity contribution in [1.82, 2.24) is 10.2 Å². The second kappa shape index (κ2) is 10.4. The highest BCUT2D eigenvalue weighted by molar-refractivity contribution is 6.14. The molecule has 0 unspecified atom stereocenters. The molecule has 1 aliphatic rings. The van der Waals surface area contributed by atoms with Crippen LogP contribution in [0, 0.1) is 21.4 Å². The highest BCUT2D eigenvalue weighted by atomic mass is 16.6. The Morgan fingerprint density at radius 3 is 2.73 bits per heavy atom. The van der Waals surface area contributed by atoms with Crippen molar-refractivity contribution in [3.05, 3.63) is 98.6 Å². The SMILES string of the molecule is COC(=O)c1ccc(CN2C(=O)N/C(=C\c3cc([N+](=O)[O-])ccc3OCc3ccccc3C#N)C2=O)o1. The van der Waals surface area contributed by atoms with Crippen molar-refractivity contribution in [2.75, 3.05) is 7.11 Å². The molecule has 2 heterocycles. The monoisotopic (exact) mass is 502 g/mol. The van der Waals surface area contributed by atoms with Crippen LogP contribution in [0.5, 0.6) is 5.75 Å². The maximum atomic E-state index is 12.9. The van der Waals surface area contributed by atoms with E-state index in [-0.39, 0.29) is 47.4 Å². The highest BCUT2D eigenvalue weighted by Crippen LogP contribution is 2.29. The number of nitrogens with one attached hydrogen (secondary N) is 1. The summed E-state index contributed by atoms with van der Waals surface area (Å²) in [6.07, 6.45) is 1.26. The predicted molar refractivity (Wildman–Crippen MR) is 126 cm³/mol. The van der Waals surface area contributed by atoms with Crippen molar-refractivity contribution < 1.29 is 33.2 Å². The molecule has 12 heteroatoms. The molecule has 0 aliphatic carbocycles. The first-order valence-electron chi connectivity index (χ1n) is 10.7. The first-order chi connectivity index (χ1) is 17.8. The fraction of sp³-hybridized carbons (Fsp3) is 0.120. The Hall–Kier alpha value is -5.44. The number of carbonyl (C=O) groups is 3. The standard InChI is InChI=1S/C25H18N4O8/c1-35-24(31)22-9-7-19(37-22)13-28-23(30)20(27-25(28)32)11-17-10-18(29(33)34)6-8-21(17)36-14-16-5-3-2-4-15(16)12-26/h2-11H,13-14H2,1H3,(H,27,32)/b20-11-. The minimum Gasteiger partial charge on any atom is -0.488 e. The average molecular weight is 502 g/mol. The van der Waals surface area contributed by atoms with Gasteiger partial charge in [-0.3, -0.25) is 19.8 Å². The Balaban J connectivity index is 1.59. The third-order valence-electron chi connectivity index (χ3n) is 5.35. The van der Waals surface area contributed by atoms with Gasteiger partial charge in [0.05, 0.1) is 30.2 Å². The Labute approximate surface area is 209 Å². The zero-order valence-corrected chi connectivity index (χ0v) is 19.3. The van der Waals surface area contributed by atoms with Crippen molar-refractivity contribution in [3.8, 4) is 11.8 Å². The molecule has 4 rings (SSSR count). The molecule has 3 aromatic rings. The molecular weight excluding hydrogens is 484 g/mol. The smallest absolute Gasteiger partial charge is 0.373 e. The first-order valence-corrected chi connectivity index (χ1v) is 10.7. The van der Waals surface area contributed by atoms with Crippen molar-refractivity contribution in [3.63, 3.8) is 0 Å². The number of nitro benzene ring substituents is 1. The first kappa shape index (κ1) is 24.7. The van der Waals surface area contributed by atoms with Gasteiger partial charge in [-0.2, -0.15) is 5.26 Å². The van der Waals surface area contributed by atoms with E-state index in [1.807, 2.05) is 0 Å². The number of rotatable bonds is 8. The number of benzene rings is 2. The van der Waals surface area contributed by atoms with Gasteiger partial charge in [0.15, 0.2) is 0 Å². The lowest BCUT2D eigenvalue weighted by molar-refractivity contribution is -0.384. The molecule has 0 saturated carbocycles. The summed E-state index contributed by atoms with van der Waals surface area (Å²) < 4.78 is 15.7. The van der Waals surface area contributed by atoms with E-state index in [9.17, 15) is 29.8 Å². The van der Waals surface area contributed by atoms with Gasteiger partial charge in [-0.15, -0.1) is 0 Å². The van der Waals surface area contributed by atoms with Crippen molar-refractivity contribution in [1.29, 1.82) is 5.26 Å². The van der Waals surface area contributed by atoms with Gasteiger partial charge in [0.25, 0.3) is 11.6 Å². The number of nitro groups is 1. The minimum absolute atomic E-state index is 0.00876. The molecule has 3 amide bonds. The van der Waals surface area contributed by atoms with E-state index in [0.717, 1.165) is 4.90 Å². The van der Waals surface area contributed by atoms with Crippen molar-refractivity contribution in [2.24, 2.45) is 0 Å². The van der Waals surface area contributed by atoms with Crippen LogP contribution in [-0.4, -0.2) is 34.8 Å². The Kier molecular flexibility index (Phi) is 6.97. The molecule has 1 saturated heterocycles. The van der Waals surface area contributed by atoms with Gasteiger partial charge >= 0.3 is 12.0 Å². The third-order valence-corrected chi connectivity index (χ3v) is 5.35. The molecule has 2 aromatic carbocycles. The molecule has 1 fully saturated rings. The lowest BCUT2D eigenvalue weighted by Gasteiger charge is -2.11. The van der Waals surface area contributed by atoms with Crippen LogP contribution in [0.25, 0.3) is 6.08 Å². The Morgan fingerprint density at radius 1 is 1.22 bits per heavy atom. The number of esters is 1. The summed E-state index contributed by atoms with van der Waals surface area (Å²) in [6.45, 7) is -0.270. The molecule has 0 atom stereocenters. The summed E-state index contributed by atoms with van der Waals surface area (Å²) >= 11 is 0. The van der Waals surface area contributed by atoms with Crippen molar-refractivity contribution in [2.45, 2.75) is 13.2 Å². The van der Waals surface area contributed by atoms with Crippen LogP contribution in [0.3, 0.4) is 0 Å². The van der Waals surface area contributed by atoms with E-state index >= 15 is 0 Å². The van der Waals surface area contributed by atoms with E-state index in [1.54, 1.807) is 24.3 Å². The minimum atomic E-state index is -0.747. The van der Waals surface area contributed by atoms with Gasteiger partial charge in [0.1, 0.15) is 23.8 Å². The van der Waals surface area contributed by atoms with E-state index in [1.165, 1.54) is 43.5 Å². The third kappa shape index (κ3) is 5.30. The summed E-state index contributed by atoms with van der Waals surface area (Å²) in [5.74, 6) is -1.15. The fourth-order valence-electron chi connectivity index (χ4n) is 3.50. The second-order valence-electron chi connectivity index (χ2n) is 7.67. The molecule has 0 radical (unpaired) electrons. The lowest BCUT2D eigenvalue weighted by Crippen LogP contribution is -2.30. The van der Waals surface area contributed by atoms with Gasteiger partial charge in [-0.25, -0.2) is 9.59 Å². The topological polar surface area (TPSA) is 165 Å². The van der Waals surface area contributed by atoms with Crippen LogP contribution in [-0.2, 0) is 22.7 Å². The van der Waals surface area contributed by atoms with Gasteiger partial charge in [-0.05, 0) is 30.3 Å². The second-order valence-corrected chi connectivity index (χ2v) is 7.67. The molecular formula is C25H18N4O8. The number of furan rings is 1. The molecule has 1 aromatic heterocycles. The molecule has 37 heavy (non-hydrogen) atoms. The molecule has 0 bridgehead atoms. The number of nitriles is 1. The molecule has 186 valence electrons. The average Bonchev–Trinajstić information content (AvgIpc) is 3.47. The summed E-state index contributed by atoms with van der Waals surface area (Å²) in [4.78, 5) is 48.6. The maximum Gasteiger partial charge on any atom is 0.373 e. The van der Waals surface area contributed by atoms with Crippen LogP contribution in [0.2, 0.25) is 0 Å². The zero-order valence-electron chi connectivity index (χ0n) is 19.3. The van der Waals surface area contributed by atoms with E-state index in [2.05, 4.69) is 16.1 Å². The number of urea groups is 1.